The van der Waals surface area contributed by atoms with Crippen molar-refractivity contribution in [2.75, 3.05) is 31.1 Å². The van der Waals surface area contributed by atoms with Gasteiger partial charge in [0.05, 0.1) is 10.4 Å². The molecule has 0 atom stereocenters. The summed E-state index contributed by atoms with van der Waals surface area (Å²) in [5.41, 5.74) is 1.73. The van der Waals surface area contributed by atoms with Crippen LogP contribution in [-0.4, -0.2) is 44.8 Å². The largest absolute Gasteiger partial charge is 0.369 e. The maximum Gasteiger partial charge on any atom is 0.224 e. The Morgan fingerprint density at radius 3 is 2.54 bits per heavy atom. The summed E-state index contributed by atoms with van der Waals surface area (Å²) >= 11 is 0. The van der Waals surface area contributed by atoms with Crippen molar-refractivity contribution in [1.82, 2.24) is 15.5 Å². The fourth-order valence-electron chi connectivity index (χ4n) is 3.84. The molecule has 0 spiro atoms. The zero-order chi connectivity index (χ0) is 19.1. The molecule has 0 saturated carbocycles. The third kappa shape index (κ3) is 2.75. The van der Waals surface area contributed by atoms with Gasteiger partial charge in [-0.1, -0.05) is 36.4 Å². The van der Waals surface area contributed by atoms with Crippen molar-refractivity contribution in [1.29, 1.82) is 0 Å². The van der Waals surface area contributed by atoms with Crippen LogP contribution < -0.4 is 10.2 Å². The first-order valence-electron chi connectivity index (χ1n) is 9.31. The number of benzene rings is 3. The third-order valence-corrected chi connectivity index (χ3v) is 7.08. The number of piperazine rings is 1. The van der Waals surface area contributed by atoms with Crippen LogP contribution in [0.25, 0.3) is 21.7 Å². The molecule has 0 bridgehead atoms. The monoisotopic (exact) mass is 392 g/mol. The van der Waals surface area contributed by atoms with Crippen molar-refractivity contribution in [2.45, 2.75) is 9.92 Å². The molecule has 28 heavy (non-hydrogen) atoms. The van der Waals surface area contributed by atoms with Crippen molar-refractivity contribution >= 4 is 37.2 Å². The van der Waals surface area contributed by atoms with Gasteiger partial charge in [-0.15, -0.1) is 0 Å². The molecule has 1 fully saturated rings. The molecule has 7 heteroatoms. The molecule has 142 valence electrons. The Morgan fingerprint density at radius 1 is 0.893 bits per heavy atom. The van der Waals surface area contributed by atoms with E-state index in [2.05, 4.69) is 20.4 Å². The van der Waals surface area contributed by atoms with Gasteiger partial charge in [-0.3, -0.25) is 5.10 Å². The van der Waals surface area contributed by atoms with E-state index in [1.165, 1.54) is 0 Å². The molecule has 0 aliphatic carbocycles. The standard InChI is InChI=1S/C21H20N4O2S/c26-28(27,20-7-3-5-15-4-1-2-6-17(15)20)21-18-9-8-16(14-19(18)23-24-21)25-12-10-22-11-13-25/h1-9,14,22H,10-13H2,(H,23,24). The summed E-state index contributed by atoms with van der Waals surface area (Å²) in [7, 11) is -3.73. The third-order valence-electron chi connectivity index (χ3n) is 5.29. The SMILES string of the molecule is O=S(=O)(c1cccc2ccccc12)c1[nH]nc2cc(N3CCNCC3)ccc12. The zero-order valence-corrected chi connectivity index (χ0v) is 16.0. The molecule has 5 rings (SSSR count). The zero-order valence-electron chi connectivity index (χ0n) is 15.2. The second-order valence-corrected chi connectivity index (χ2v) is 8.83. The second kappa shape index (κ2) is 6.61. The Labute approximate surface area is 163 Å². The fraction of sp³-hybridized carbons (Fsp3) is 0.190. The molecule has 1 aliphatic heterocycles. The van der Waals surface area contributed by atoms with Gasteiger partial charge >= 0.3 is 0 Å². The van der Waals surface area contributed by atoms with E-state index in [0.29, 0.717) is 21.2 Å². The number of nitrogens with zero attached hydrogens (tertiary/aromatic N) is 2. The highest BCUT2D eigenvalue weighted by molar-refractivity contribution is 7.91. The Bertz CT molecular complexity index is 1270. The Hall–Kier alpha value is -2.90. The summed E-state index contributed by atoms with van der Waals surface area (Å²) in [6, 6.07) is 18.6. The van der Waals surface area contributed by atoms with E-state index >= 15 is 0 Å². The van der Waals surface area contributed by atoms with Crippen LogP contribution in [0.5, 0.6) is 0 Å². The lowest BCUT2D eigenvalue weighted by atomic mass is 10.1. The van der Waals surface area contributed by atoms with Crippen LogP contribution in [0.15, 0.2) is 70.6 Å². The van der Waals surface area contributed by atoms with Crippen molar-refractivity contribution in [3.05, 3.63) is 60.7 Å². The first kappa shape index (κ1) is 17.2. The molecule has 1 aliphatic rings. The number of nitrogens with one attached hydrogen (secondary N) is 2. The van der Waals surface area contributed by atoms with Gasteiger partial charge in [0.2, 0.25) is 9.84 Å². The van der Waals surface area contributed by atoms with Gasteiger partial charge in [-0.25, -0.2) is 8.42 Å². The molecule has 4 aromatic rings. The minimum absolute atomic E-state index is 0.144. The summed E-state index contributed by atoms with van der Waals surface area (Å²) in [6.45, 7) is 3.74. The average molecular weight is 392 g/mol. The Kier molecular flexibility index (Phi) is 4.07. The van der Waals surface area contributed by atoms with Crippen molar-refractivity contribution < 1.29 is 8.42 Å². The topological polar surface area (TPSA) is 78.1 Å². The second-order valence-electron chi connectivity index (χ2n) is 6.97. The molecule has 2 N–H and O–H groups in total. The van der Waals surface area contributed by atoms with Crippen LogP contribution in [0.4, 0.5) is 5.69 Å². The molecule has 0 radical (unpaired) electrons. The lowest BCUT2D eigenvalue weighted by Gasteiger charge is -2.29. The average Bonchev–Trinajstić information content (AvgIpc) is 3.18. The number of H-pyrrole nitrogens is 1. The summed E-state index contributed by atoms with van der Waals surface area (Å²) < 4.78 is 26.8. The molecule has 1 aromatic heterocycles. The van der Waals surface area contributed by atoms with Gasteiger partial charge in [0.1, 0.15) is 0 Å². The van der Waals surface area contributed by atoms with Gasteiger partial charge in [-0.05, 0) is 29.7 Å². The molecule has 2 heterocycles. The molecule has 0 amide bonds. The summed E-state index contributed by atoms with van der Waals surface area (Å²) in [4.78, 5) is 2.58. The highest BCUT2D eigenvalue weighted by Gasteiger charge is 2.25. The van der Waals surface area contributed by atoms with Crippen LogP contribution >= 0.6 is 0 Å². The van der Waals surface area contributed by atoms with Gasteiger partial charge in [0, 0.05) is 42.6 Å². The number of anilines is 1. The fourth-order valence-corrected chi connectivity index (χ4v) is 5.42. The number of sulfone groups is 1. The molecule has 0 unspecified atom stereocenters. The first-order chi connectivity index (χ1) is 13.6. The van der Waals surface area contributed by atoms with Crippen LogP contribution in [0.3, 0.4) is 0 Å². The molecular formula is C21H20N4O2S. The van der Waals surface area contributed by atoms with E-state index in [1.54, 1.807) is 12.1 Å². The number of aromatic nitrogens is 2. The quantitative estimate of drug-likeness (QED) is 0.560. The van der Waals surface area contributed by atoms with Gasteiger partial charge < -0.3 is 10.2 Å². The Balaban J connectivity index is 1.62. The molecule has 3 aromatic carbocycles. The highest BCUT2D eigenvalue weighted by Crippen LogP contribution is 2.32. The summed E-state index contributed by atoms with van der Waals surface area (Å²) in [5, 5.41) is 12.8. The molecular weight excluding hydrogens is 372 g/mol. The molecule has 1 saturated heterocycles. The number of hydrogen-bond acceptors (Lipinski definition) is 5. The lowest BCUT2D eigenvalue weighted by Crippen LogP contribution is -2.43. The number of fused-ring (bicyclic) bond motifs is 2. The number of aromatic amines is 1. The van der Waals surface area contributed by atoms with E-state index in [0.717, 1.165) is 37.3 Å². The normalized spacial score (nSPS) is 15.4. The smallest absolute Gasteiger partial charge is 0.224 e. The number of hydrogen-bond donors (Lipinski definition) is 2. The number of rotatable bonds is 3. The van der Waals surface area contributed by atoms with E-state index in [-0.39, 0.29) is 5.03 Å². The van der Waals surface area contributed by atoms with E-state index < -0.39 is 9.84 Å². The van der Waals surface area contributed by atoms with E-state index in [9.17, 15) is 8.42 Å². The van der Waals surface area contributed by atoms with Gasteiger partial charge in [0.15, 0.2) is 5.03 Å². The summed E-state index contributed by atoms with van der Waals surface area (Å²) in [6.07, 6.45) is 0. The predicted octanol–water partition coefficient (Wildman–Crippen LogP) is 2.96. The van der Waals surface area contributed by atoms with E-state index in [1.807, 2.05) is 48.5 Å². The lowest BCUT2D eigenvalue weighted by molar-refractivity contribution is 0.589. The summed E-state index contributed by atoms with van der Waals surface area (Å²) in [5.74, 6) is 0. The highest BCUT2D eigenvalue weighted by atomic mass is 32.2. The Morgan fingerprint density at radius 2 is 1.68 bits per heavy atom. The minimum atomic E-state index is -3.73. The van der Waals surface area contributed by atoms with Crippen LogP contribution in [0, 0.1) is 0 Å². The van der Waals surface area contributed by atoms with E-state index in [4.69, 9.17) is 0 Å². The van der Waals surface area contributed by atoms with Gasteiger partial charge in [-0.2, -0.15) is 5.10 Å². The predicted molar refractivity (Wildman–Crippen MR) is 111 cm³/mol. The van der Waals surface area contributed by atoms with Crippen LogP contribution in [-0.2, 0) is 9.84 Å². The van der Waals surface area contributed by atoms with Crippen molar-refractivity contribution in [3.63, 3.8) is 0 Å². The molecule has 6 nitrogen and oxygen atoms in total. The first-order valence-corrected chi connectivity index (χ1v) is 10.8. The van der Waals surface area contributed by atoms with Crippen molar-refractivity contribution in [2.24, 2.45) is 0 Å². The minimum Gasteiger partial charge on any atom is -0.369 e. The maximum atomic E-state index is 13.4. The maximum absolute atomic E-state index is 13.4. The van der Waals surface area contributed by atoms with Gasteiger partial charge in [0.25, 0.3) is 0 Å². The van der Waals surface area contributed by atoms with Crippen LogP contribution in [0.1, 0.15) is 0 Å². The van der Waals surface area contributed by atoms with Crippen molar-refractivity contribution in [3.8, 4) is 0 Å². The van der Waals surface area contributed by atoms with Crippen LogP contribution in [0.2, 0.25) is 0 Å².